The summed E-state index contributed by atoms with van der Waals surface area (Å²) in [6, 6.07) is 22.7. The maximum Gasteiger partial charge on any atom is 0.350 e. The van der Waals surface area contributed by atoms with Crippen LogP contribution in [0.3, 0.4) is 0 Å². The van der Waals surface area contributed by atoms with Gasteiger partial charge in [-0.15, -0.1) is 0 Å². The number of anilines is 1. The molecule has 2 aromatic carbocycles. The van der Waals surface area contributed by atoms with E-state index >= 15 is 0 Å². The Morgan fingerprint density at radius 1 is 1.00 bits per heavy atom. The van der Waals surface area contributed by atoms with Gasteiger partial charge in [0.15, 0.2) is 5.13 Å². The second-order valence-electron chi connectivity index (χ2n) is 7.62. The first-order valence-corrected chi connectivity index (χ1v) is 11.4. The number of fused-ring (bicyclic) bond motifs is 1. The number of esters is 1. The predicted octanol–water partition coefficient (Wildman–Crippen LogP) is 5.38. The monoisotopic (exact) mass is 468 g/mol. The smallest absolute Gasteiger partial charge is 0.350 e. The van der Waals surface area contributed by atoms with E-state index in [1.54, 1.807) is 25.3 Å². The second kappa shape index (κ2) is 9.29. The zero-order valence-electron chi connectivity index (χ0n) is 18.3. The molecule has 0 spiro atoms. The van der Waals surface area contributed by atoms with E-state index in [1.807, 2.05) is 71.3 Å². The van der Waals surface area contributed by atoms with Gasteiger partial charge < -0.3 is 9.14 Å². The van der Waals surface area contributed by atoms with Crippen LogP contribution in [0.5, 0.6) is 0 Å². The van der Waals surface area contributed by atoms with Crippen LogP contribution in [0.15, 0.2) is 85.2 Å². The van der Waals surface area contributed by atoms with Crippen molar-refractivity contribution in [1.82, 2.24) is 14.4 Å². The Morgan fingerprint density at radius 2 is 1.74 bits per heavy atom. The third kappa shape index (κ3) is 4.57. The number of amides is 1. The van der Waals surface area contributed by atoms with Crippen LogP contribution in [0, 0.1) is 6.92 Å². The van der Waals surface area contributed by atoms with E-state index in [0.717, 1.165) is 28.2 Å². The summed E-state index contributed by atoms with van der Waals surface area (Å²) in [5.41, 5.74) is 4.34. The Labute approximate surface area is 199 Å². The van der Waals surface area contributed by atoms with E-state index in [-0.39, 0.29) is 12.5 Å². The van der Waals surface area contributed by atoms with Crippen molar-refractivity contribution in [1.29, 1.82) is 0 Å². The van der Waals surface area contributed by atoms with Crippen molar-refractivity contribution in [2.45, 2.75) is 13.5 Å². The molecule has 0 atom stereocenters. The van der Waals surface area contributed by atoms with E-state index in [0.29, 0.717) is 26.9 Å². The number of benzene rings is 2. The highest BCUT2D eigenvalue weighted by atomic mass is 32.1. The van der Waals surface area contributed by atoms with Crippen LogP contribution >= 0.6 is 11.3 Å². The minimum atomic E-state index is -0.466. The minimum Gasteiger partial charge on any atom is -0.457 e. The van der Waals surface area contributed by atoms with Gasteiger partial charge >= 0.3 is 5.97 Å². The lowest BCUT2D eigenvalue weighted by atomic mass is 10.2. The van der Waals surface area contributed by atoms with Gasteiger partial charge in [-0.25, -0.2) is 14.8 Å². The van der Waals surface area contributed by atoms with E-state index in [2.05, 4.69) is 15.3 Å². The molecule has 34 heavy (non-hydrogen) atoms. The molecule has 0 fully saturated rings. The first-order chi connectivity index (χ1) is 16.6. The molecule has 8 heteroatoms. The number of aromatic nitrogens is 3. The number of nitrogens with one attached hydrogen (secondary N) is 1. The number of aryl methyl sites for hydroxylation is 1. The fourth-order valence-corrected chi connectivity index (χ4v) is 4.32. The van der Waals surface area contributed by atoms with Crippen molar-refractivity contribution in [3.05, 3.63) is 107 Å². The van der Waals surface area contributed by atoms with Crippen LogP contribution < -0.4 is 5.32 Å². The number of pyridine rings is 1. The molecule has 0 aliphatic carbocycles. The first kappa shape index (κ1) is 21.5. The van der Waals surface area contributed by atoms with Crippen LogP contribution in [-0.2, 0) is 11.3 Å². The van der Waals surface area contributed by atoms with Crippen molar-refractivity contribution in [3.8, 4) is 11.3 Å². The van der Waals surface area contributed by atoms with Gasteiger partial charge in [-0.3, -0.25) is 10.1 Å². The number of hydrogen-bond donors (Lipinski definition) is 1. The number of ether oxygens (including phenoxy) is 1. The normalized spacial score (nSPS) is 10.9. The van der Waals surface area contributed by atoms with Crippen LogP contribution in [0.25, 0.3) is 16.9 Å². The Balaban J connectivity index is 1.29. The van der Waals surface area contributed by atoms with Gasteiger partial charge in [-0.05, 0) is 24.6 Å². The van der Waals surface area contributed by atoms with Gasteiger partial charge in [0.1, 0.15) is 17.1 Å². The van der Waals surface area contributed by atoms with Crippen molar-refractivity contribution in [2.75, 3.05) is 5.32 Å². The molecule has 1 N–H and O–H groups in total. The van der Waals surface area contributed by atoms with Gasteiger partial charge in [0.05, 0.1) is 11.4 Å². The molecule has 5 rings (SSSR count). The molecule has 0 unspecified atom stereocenters. The predicted molar refractivity (Wildman–Crippen MR) is 131 cm³/mol. The summed E-state index contributed by atoms with van der Waals surface area (Å²) < 4.78 is 7.26. The average molecular weight is 469 g/mol. The van der Waals surface area contributed by atoms with Gasteiger partial charge in [0.2, 0.25) is 0 Å². The zero-order valence-corrected chi connectivity index (χ0v) is 19.1. The molecular formula is C26H20N4O3S. The lowest BCUT2D eigenvalue weighted by Crippen LogP contribution is -2.12. The van der Waals surface area contributed by atoms with Crippen molar-refractivity contribution < 1.29 is 14.3 Å². The fourth-order valence-electron chi connectivity index (χ4n) is 3.47. The molecule has 7 nitrogen and oxygen atoms in total. The van der Waals surface area contributed by atoms with Crippen molar-refractivity contribution in [2.24, 2.45) is 0 Å². The molecule has 0 aliphatic heterocycles. The molecule has 5 aromatic rings. The quantitative estimate of drug-likeness (QED) is 0.338. The van der Waals surface area contributed by atoms with Gasteiger partial charge in [-0.1, -0.05) is 72.0 Å². The molecule has 0 radical (unpaired) electrons. The van der Waals surface area contributed by atoms with Crippen LogP contribution in [0.4, 0.5) is 5.13 Å². The largest absolute Gasteiger partial charge is 0.457 e. The number of carbonyl (C=O) groups is 2. The Morgan fingerprint density at radius 3 is 2.50 bits per heavy atom. The Hall–Kier alpha value is -4.30. The highest BCUT2D eigenvalue weighted by molar-refractivity contribution is 7.17. The Bertz CT molecular complexity index is 1480. The van der Waals surface area contributed by atoms with Crippen LogP contribution in [0.1, 0.15) is 31.3 Å². The van der Waals surface area contributed by atoms with Crippen molar-refractivity contribution >= 4 is 34.0 Å². The van der Waals surface area contributed by atoms with Crippen LogP contribution in [-0.4, -0.2) is 26.2 Å². The van der Waals surface area contributed by atoms with Crippen LogP contribution in [0.2, 0.25) is 0 Å². The lowest BCUT2D eigenvalue weighted by Gasteiger charge is -2.03. The Kier molecular flexibility index (Phi) is 5.88. The third-order valence-electron chi connectivity index (χ3n) is 5.21. The molecule has 0 aliphatic rings. The maximum absolute atomic E-state index is 12.8. The average Bonchev–Trinajstić information content (AvgIpc) is 3.46. The number of rotatable bonds is 6. The summed E-state index contributed by atoms with van der Waals surface area (Å²) in [6.45, 7) is 1.89. The lowest BCUT2D eigenvalue weighted by molar-refractivity contribution is 0.0477. The summed E-state index contributed by atoms with van der Waals surface area (Å²) >= 11 is 1.09. The van der Waals surface area contributed by atoms with E-state index in [4.69, 9.17) is 4.74 Å². The number of hydrogen-bond acceptors (Lipinski definition) is 6. The molecule has 1 amide bonds. The molecule has 0 saturated heterocycles. The summed E-state index contributed by atoms with van der Waals surface area (Å²) in [4.78, 5) is 34.7. The fraction of sp³-hybridized carbons (Fsp3) is 0.0769. The number of nitrogens with zero attached hydrogens (tertiary/aromatic N) is 3. The number of carbonyl (C=O) groups excluding carboxylic acids is 2. The SMILES string of the molecule is Cc1nc(NC(=O)c2ccn3cc(-c4ccccc4)nc3c2)sc1C(=O)OCc1ccccc1. The molecule has 168 valence electrons. The molecule has 3 aromatic heterocycles. The molecule has 3 heterocycles. The van der Waals surface area contributed by atoms with E-state index in [1.165, 1.54) is 0 Å². The highest BCUT2D eigenvalue weighted by Crippen LogP contribution is 2.25. The summed E-state index contributed by atoms with van der Waals surface area (Å²) in [5, 5.41) is 3.11. The number of imidazole rings is 1. The van der Waals surface area contributed by atoms with Gasteiger partial charge in [0.25, 0.3) is 5.91 Å². The summed E-state index contributed by atoms with van der Waals surface area (Å²) in [7, 11) is 0. The minimum absolute atomic E-state index is 0.175. The van der Waals surface area contributed by atoms with E-state index in [9.17, 15) is 9.59 Å². The molecule has 0 bridgehead atoms. The summed E-state index contributed by atoms with van der Waals surface area (Å²) in [6.07, 6.45) is 3.72. The number of thiazole rings is 1. The highest BCUT2D eigenvalue weighted by Gasteiger charge is 2.19. The van der Waals surface area contributed by atoms with Crippen molar-refractivity contribution in [3.63, 3.8) is 0 Å². The van der Waals surface area contributed by atoms with Gasteiger partial charge in [0, 0.05) is 23.5 Å². The summed E-state index contributed by atoms with van der Waals surface area (Å²) in [5.74, 6) is -0.795. The van der Waals surface area contributed by atoms with Gasteiger partial charge in [-0.2, -0.15) is 0 Å². The molecular weight excluding hydrogens is 448 g/mol. The topological polar surface area (TPSA) is 85.6 Å². The van der Waals surface area contributed by atoms with E-state index < -0.39 is 5.97 Å². The maximum atomic E-state index is 12.8. The standard InChI is InChI=1S/C26H20N4O3S/c1-17-23(25(32)33-16-18-8-4-2-5-9-18)34-26(27-17)29-24(31)20-12-13-30-15-21(28-22(30)14-20)19-10-6-3-7-11-19/h2-15H,16H2,1H3,(H,27,29,31). The second-order valence-corrected chi connectivity index (χ2v) is 8.62. The third-order valence-corrected chi connectivity index (χ3v) is 6.26. The zero-order chi connectivity index (χ0) is 23.5. The molecule has 0 saturated carbocycles. The first-order valence-electron chi connectivity index (χ1n) is 10.6.